The van der Waals surface area contributed by atoms with Gasteiger partial charge in [0.05, 0.1) is 0 Å². The van der Waals surface area contributed by atoms with Gasteiger partial charge in [0.2, 0.25) is 0 Å². The van der Waals surface area contributed by atoms with Crippen molar-refractivity contribution in [1.29, 1.82) is 0 Å². The fourth-order valence-electron chi connectivity index (χ4n) is 3.51. The predicted octanol–water partition coefficient (Wildman–Crippen LogP) is 1.40. The Morgan fingerprint density at radius 2 is 1.82 bits per heavy atom. The smallest absolute Gasteiger partial charge is 0.0250 e. The number of rotatable bonds is 4. The van der Waals surface area contributed by atoms with Crippen LogP contribution in [0.2, 0.25) is 0 Å². The summed E-state index contributed by atoms with van der Waals surface area (Å²) in [5, 5.41) is 3.50. The fraction of sp³-hybridized carbons (Fsp3) is 1.00. The van der Waals surface area contributed by atoms with Crippen molar-refractivity contribution >= 4 is 0 Å². The maximum atomic E-state index is 3.50. The molecule has 3 heteroatoms. The minimum Gasteiger partial charge on any atom is -0.315 e. The zero-order valence-electron chi connectivity index (χ0n) is 11.8. The van der Waals surface area contributed by atoms with E-state index in [2.05, 4.69) is 36.0 Å². The Bertz CT molecular complexity index is 222. The fourth-order valence-corrected chi connectivity index (χ4v) is 3.51. The highest BCUT2D eigenvalue weighted by Gasteiger charge is 2.32. The number of likely N-dealkylation sites (N-methyl/N-ethyl adjacent to an activating group) is 1. The molecule has 17 heavy (non-hydrogen) atoms. The van der Waals surface area contributed by atoms with E-state index in [0.29, 0.717) is 0 Å². The van der Waals surface area contributed by atoms with E-state index in [1.165, 1.54) is 52.0 Å². The van der Waals surface area contributed by atoms with Crippen molar-refractivity contribution in [1.82, 2.24) is 15.1 Å². The lowest BCUT2D eigenvalue weighted by molar-refractivity contribution is 0.0816. The minimum absolute atomic E-state index is 0.742. The largest absolute Gasteiger partial charge is 0.315 e. The molecular formula is C14H29N3. The Morgan fingerprint density at radius 1 is 1.12 bits per heavy atom. The Labute approximate surface area is 107 Å². The first-order chi connectivity index (χ1) is 8.20. The van der Waals surface area contributed by atoms with Crippen molar-refractivity contribution in [3.05, 3.63) is 0 Å². The number of nitrogens with one attached hydrogen (secondary N) is 1. The summed E-state index contributed by atoms with van der Waals surface area (Å²) in [7, 11) is 2.12. The molecule has 1 aliphatic carbocycles. The third kappa shape index (κ3) is 3.43. The van der Waals surface area contributed by atoms with Crippen LogP contribution in [0.15, 0.2) is 0 Å². The summed E-state index contributed by atoms with van der Waals surface area (Å²) in [5.41, 5.74) is 0. The molecule has 0 bridgehead atoms. The van der Waals surface area contributed by atoms with Gasteiger partial charge in [-0.2, -0.15) is 0 Å². The van der Waals surface area contributed by atoms with Crippen LogP contribution in [0.3, 0.4) is 0 Å². The second-order valence-electron chi connectivity index (χ2n) is 6.12. The number of hydrogen-bond acceptors (Lipinski definition) is 3. The molecule has 2 unspecified atom stereocenters. The molecule has 0 aromatic heterocycles. The molecule has 0 radical (unpaired) electrons. The standard InChI is InChI=1S/C14H29N3/c1-12(2)11-16-7-9-17(10-8-16)14-6-4-5-13(14)15-3/h12-15H,4-11H2,1-3H3. The van der Waals surface area contributed by atoms with Gasteiger partial charge in [-0.15, -0.1) is 0 Å². The Morgan fingerprint density at radius 3 is 2.41 bits per heavy atom. The molecule has 1 N–H and O–H groups in total. The molecule has 1 heterocycles. The zero-order valence-corrected chi connectivity index (χ0v) is 11.8. The second kappa shape index (κ2) is 6.17. The molecule has 0 spiro atoms. The highest BCUT2D eigenvalue weighted by Crippen LogP contribution is 2.25. The van der Waals surface area contributed by atoms with Crippen LogP contribution in [0.25, 0.3) is 0 Å². The van der Waals surface area contributed by atoms with Gasteiger partial charge in [-0.3, -0.25) is 4.90 Å². The SMILES string of the molecule is CNC1CCCC1N1CCN(CC(C)C)CC1. The molecule has 3 nitrogen and oxygen atoms in total. The summed E-state index contributed by atoms with van der Waals surface area (Å²) in [5.74, 6) is 0.804. The van der Waals surface area contributed by atoms with E-state index < -0.39 is 0 Å². The van der Waals surface area contributed by atoms with E-state index in [-0.39, 0.29) is 0 Å². The summed E-state index contributed by atoms with van der Waals surface area (Å²) < 4.78 is 0. The lowest BCUT2D eigenvalue weighted by atomic mass is 10.1. The lowest BCUT2D eigenvalue weighted by Gasteiger charge is -2.40. The van der Waals surface area contributed by atoms with Gasteiger partial charge in [-0.25, -0.2) is 0 Å². The van der Waals surface area contributed by atoms with Crippen LogP contribution in [-0.2, 0) is 0 Å². The number of hydrogen-bond donors (Lipinski definition) is 1. The van der Waals surface area contributed by atoms with E-state index in [9.17, 15) is 0 Å². The summed E-state index contributed by atoms with van der Waals surface area (Å²) in [6.07, 6.45) is 4.17. The molecule has 2 aliphatic rings. The molecule has 0 amide bonds. The van der Waals surface area contributed by atoms with E-state index in [1.807, 2.05) is 0 Å². The second-order valence-corrected chi connectivity index (χ2v) is 6.12. The quantitative estimate of drug-likeness (QED) is 0.800. The normalized spacial score (nSPS) is 32.5. The van der Waals surface area contributed by atoms with Gasteiger partial charge in [0.15, 0.2) is 0 Å². The highest BCUT2D eigenvalue weighted by molar-refractivity contribution is 4.91. The summed E-state index contributed by atoms with van der Waals surface area (Å²) in [6, 6.07) is 1.55. The molecule has 0 aromatic carbocycles. The van der Waals surface area contributed by atoms with Crippen LogP contribution < -0.4 is 5.32 Å². The maximum Gasteiger partial charge on any atom is 0.0250 e. The van der Waals surface area contributed by atoms with E-state index >= 15 is 0 Å². The van der Waals surface area contributed by atoms with Crippen LogP contribution >= 0.6 is 0 Å². The van der Waals surface area contributed by atoms with Crippen molar-refractivity contribution in [2.24, 2.45) is 5.92 Å². The number of piperazine rings is 1. The van der Waals surface area contributed by atoms with Gasteiger partial charge < -0.3 is 10.2 Å². The van der Waals surface area contributed by atoms with Crippen molar-refractivity contribution in [3.63, 3.8) is 0 Å². The van der Waals surface area contributed by atoms with Crippen LogP contribution in [0.4, 0.5) is 0 Å². The topological polar surface area (TPSA) is 18.5 Å². The lowest BCUT2D eigenvalue weighted by Crippen LogP contribution is -2.54. The predicted molar refractivity (Wildman–Crippen MR) is 73.3 cm³/mol. The monoisotopic (exact) mass is 239 g/mol. The molecular weight excluding hydrogens is 210 g/mol. The first kappa shape index (κ1) is 13.3. The van der Waals surface area contributed by atoms with Gasteiger partial charge in [0, 0.05) is 44.8 Å². The van der Waals surface area contributed by atoms with Gasteiger partial charge in [0.1, 0.15) is 0 Å². The highest BCUT2D eigenvalue weighted by atomic mass is 15.3. The van der Waals surface area contributed by atoms with Crippen molar-refractivity contribution in [2.75, 3.05) is 39.8 Å². The average molecular weight is 239 g/mol. The van der Waals surface area contributed by atoms with Gasteiger partial charge in [-0.05, 0) is 25.8 Å². The Hall–Kier alpha value is -0.120. The third-order valence-corrected chi connectivity index (χ3v) is 4.35. The van der Waals surface area contributed by atoms with Crippen molar-refractivity contribution < 1.29 is 0 Å². The molecule has 2 rings (SSSR count). The third-order valence-electron chi connectivity index (χ3n) is 4.35. The number of nitrogens with zero attached hydrogens (tertiary/aromatic N) is 2. The summed E-state index contributed by atoms with van der Waals surface area (Å²) in [4.78, 5) is 5.36. The van der Waals surface area contributed by atoms with Crippen LogP contribution in [0, 0.1) is 5.92 Å². The zero-order chi connectivity index (χ0) is 12.3. The van der Waals surface area contributed by atoms with Crippen LogP contribution in [0.1, 0.15) is 33.1 Å². The summed E-state index contributed by atoms with van der Waals surface area (Å²) in [6.45, 7) is 11.0. The minimum atomic E-state index is 0.742. The van der Waals surface area contributed by atoms with E-state index in [0.717, 1.165) is 18.0 Å². The van der Waals surface area contributed by atoms with E-state index in [1.54, 1.807) is 0 Å². The summed E-state index contributed by atoms with van der Waals surface area (Å²) >= 11 is 0. The Balaban J connectivity index is 1.78. The maximum absolute atomic E-state index is 3.50. The van der Waals surface area contributed by atoms with Gasteiger partial charge >= 0.3 is 0 Å². The molecule has 1 aliphatic heterocycles. The Kier molecular flexibility index (Phi) is 4.83. The molecule has 0 aromatic rings. The average Bonchev–Trinajstić information content (AvgIpc) is 2.77. The molecule has 1 saturated heterocycles. The van der Waals surface area contributed by atoms with Gasteiger partial charge in [0.25, 0.3) is 0 Å². The van der Waals surface area contributed by atoms with Crippen LogP contribution in [-0.4, -0.2) is 61.7 Å². The first-order valence-electron chi connectivity index (χ1n) is 7.34. The molecule has 100 valence electrons. The first-order valence-corrected chi connectivity index (χ1v) is 7.34. The van der Waals surface area contributed by atoms with Crippen LogP contribution in [0.5, 0.6) is 0 Å². The van der Waals surface area contributed by atoms with Crippen molar-refractivity contribution in [2.45, 2.75) is 45.2 Å². The van der Waals surface area contributed by atoms with E-state index in [4.69, 9.17) is 0 Å². The van der Waals surface area contributed by atoms with Gasteiger partial charge in [-0.1, -0.05) is 20.3 Å². The van der Waals surface area contributed by atoms with Crippen molar-refractivity contribution in [3.8, 4) is 0 Å². The molecule has 2 atom stereocenters. The molecule has 1 saturated carbocycles. The molecule has 2 fully saturated rings.